The molecular weight excluding hydrogens is 664 g/mol. The van der Waals surface area contributed by atoms with Crippen molar-refractivity contribution < 1.29 is 33.8 Å². The summed E-state index contributed by atoms with van der Waals surface area (Å²) in [7, 11) is 0. The summed E-state index contributed by atoms with van der Waals surface area (Å²) in [6, 6.07) is 13.1. The van der Waals surface area contributed by atoms with Gasteiger partial charge in [0, 0.05) is 88.7 Å². The van der Waals surface area contributed by atoms with Crippen molar-refractivity contribution in [3.63, 3.8) is 0 Å². The summed E-state index contributed by atoms with van der Waals surface area (Å²) < 4.78 is 11.1. The molecule has 0 spiro atoms. The Bertz CT molecular complexity index is 1600. The van der Waals surface area contributed by atoms with Crippen molar-refractivity contribution in [2.75, 3.05) is 77.4 Å². The fraction of sp³-hybridized carbons (Fsp3) is 0.538. The van der Waals surface area contributed by atoms with E-state index in [4.69, 9.17) is 9.47 Å². The highest BCUT2D eigenvalue weighted by Crippen LogP contribution is 2.27. The van der Waals surface area contributed by atoms with E-state index in [9.17, 15) is 24.3 Å². The number of fused-ring (bicyclic) bond motifs is 1. The molecule has 52 heavy (non-hydrogen) atoms. The SMILES string of the molecule is C=Cc1cc(C[C@@H](OC(=O)N2CCC(N3CCc4ccccc4NC3=O)CC2)C(=O)N2CCC(N3CCN(CC(=O)OCC)CC3)CC2)ccc1O. The minimum Gasteiger partial charge on any atom is -0.507 e. The standard InChI is InChI=1S/C39H52N6O7/c1-3-29-25-28(9-10-34(29)46)26-35(37(48)43-16-12-31(13-17-43)42-23-21-41(22-24-42)27-36(47)51-4-2)52-39(50)44-18-14-32(15-19-44)45-20-11-30-7-5-6-8-33(30)40-38(45)49/h3,5-10,25,31-32,35,46H,1,4,11-24,26-27H2,2H3,(H,40,49)/t35-/m1/s1. The highest BCUT2D eigenvalue weighted by Gasteiger charge is 2.36. The number of hydrogen-bond acceptors (Lipinski definition) is 9. The number of urea groups is 1. The van der Waals surface area contributed by atoms with Crippen LogP contribution in [-0.2, 0) is 31.9 Å². The lowest BCUT2D eigenvalue weighted by Gasteiger charge is -2.43. The summed E-state index contributed by atoms with van der Waals surface area (Å²) in [6.45, 7) is 12.2. The number of nitrogens with zero attached hydrogens (tertiary/aromatic N) is 5. The smallest absolute Gasteiger partial charge is 0.410 e. The fourth-order valence-electron chi connectivity index (χ4n) is 7.91. The third-order valence-electron chi connectivity index (χ3n) is 10.9. The minimum atomic E-state index is -1.04. The van der Waals surface area contributed by atoms with Gasteiger partial charge in [0.05, 0.1) is 13.2 Å². The van der Waals surface area contributed by atoms with Gasteiger partial charge >= 0.3 is 18.1 Å². The van der Waals surface area contributed by atoms with Crippen LogP contribution < -0.4 is 5.32 Å². The van der Waals surface area contributed by atoms with E-state index in [1.54, 1.807) is 29.2 Å². The zero-order valence-electron chi connectivity index (χ0n) is 30.2. The van der Waals surface area contributed by atoms with Crippen LogP contribution >= 0.6 is 0 Å². The number of carbonyl (C=O) groups is 4. The Balaban J connectivity index is 1.04. The molecule has 6 rings (SSSR count). The molecule has 2 N–H and O–H groups in total. The van der Waals surface area contributed by atoms with Crippen molar-refractivity contribution in [1.29, 1.82) is 0 Å². The lowest BCUT2D eigenvalue weighted by atomic mass is 9.99. The zero-order valence-corrected chi connectivity index (χ0v) is 30.2. The van der Waals surface area contributed by atoms with Crippen molar-refractivity contribution >= 4 is 35.8 Å². The molecular formula is C39H52N6O7. The summed E-state index contributed by atoms with van der Waals surface area (Å²) >= 11 is 0. The van der Waals surface area contributed by atoms with E-state index in [0.717, 1.165) is 62.3 Å². The van der Waals surface area contributed by atoms with E-state index in [2.05, 4.69) is 21.7 Å². The molecule has 2 aromatic rings. The Morgan fingerprint density at radius 1 is 0.923 bits per heavy atom. The number of benzene rings is 2. The lowest BCUT2D eigenvalue weighted by Crippen LogP contribution is -2.55. The molecule has 3 fully saturated rings. The van der Waals surface area contributed by atoms with Gasteiger partial charge in [-0.25, -0.2) is 9.59 Å². The predicted octanol–water partition coefficient (Wildman–Crippen LogP) is 3.81. The molecule has 1 atom stereocenters. The molecule has 0 radical (unpaired) electrons. The number of carbonyl (C=O) groups excluding carboxylic acids is 4. The third-order valence-corrected chi connectivity index (χ3v) is 10.9. The molecule has 0 saturated carbocycles. The van der Waals surface area contributed by atoms with Crippen LogP contribution in [0, 0.1) is 0 Å². The topological polar surface area (TPSA) is 135 Å². The number of phenols is 1. The molecule has 4 heterocycles. The van der Waals surface area contributed by atoms with Gasteiger partial charge in [0.15, 0.2) is 6.10 Å². The van der Waals surface area contributed by atoms with Crippen molar-refractivity contribution in [2.45, 2.75) is 63.6 Å². The van der Waals surface area contributed by atoms with Gasteiger partial charge in [0.25, 0.3) is 5.91 Å². The number of nitrogens with one attached hydrogen (secondary N) is 1. The van der Waals surface area contributed by atoms with Crippen LogP contribution in [0.15, 0.2) is 49.0 Å². The summed E-state index contributed by atoms with van der Waals surface area (Å²) in [5, 5.41) is 13.2. The van der Waals surface area contributed by atoms with E-state index in [1.165, 1.54) is 0 Å². The van der Waals surface area contributed by atoms with Crippen LogP contribution in [0.5, 0.6) is 5.75 Å². The van der Waals surface area contributed by atoms with E-state index < -0.39 is 12.2 Å². The second-order valence-electron chi connectivity index (χ2n) is 14.1. The Labute approximate surface area is 306 Å². The number of likely N-dealkylation sites (tertiary alicyclic amines) is 2. The molecule has 13 heteroatoms. The second kappa shape index (κ2) is 17.3. The quantitative estimate of drug-likeness (QED) is 0.352. The van der Waals surface area contributed by atoms with Gasteiger partial charge in [0.2, 0.25) is 0 Å². The average Bonchev–Trinajstić information content (AvgIpc) is 3.33. The van der Waals surface area contributed by atoms with Crippen LogP contribution in [0.3, 0.4) is 0 Å². The molecule has 0 unspecified atom stereocenters. The highest BCUT2D eigenvalue weighted by atomic mass is 16.6. The molecule has 3 saturated heterocycles. The number of phenolic OH excluding ortho intramolecular Hbond substituents is 1. The number of anilines is 1. The van der Waals surface area contributed by atoms with Gasteiger partial charge in [0.1, 0.15) is 5.75 Å². The molecule has 0 bridgehead atoms. The Morgan fingerprint density at radius 3 is 2.33 bits per heavy atom. The minimum absolute atomic E-state index is 0.00745. The fourth-order valence-corrected chi connectivity index (χ4v) is 7.91. The van der Waals surface area contributed by atoms with Crippen molar-refractivity contribution in [1.82, 2.24) is 24.5 Å². The molecule has 4 amide bonds. The summed E-state index contributed by atoms with van der Waals surface area (Å²) in [6.07, 6.45) is 3.75. The number of ether oxygens (including phenoxy) is 2. The van der Waals surface area contributed by atoms with Crippen LogP contribution in [0.25, 0.3) is 6.08 Å². The molecule has 0 aromatic heterocycles. The second-order valence-corrected chi connectivity index (χ2v) is 14.1. The summed E-state index contributed by atoms with van der Waals surface area (Å²) in [4.78, 5) is 62.7. The lowest BCUT2D eigenvalue weighted by molar-refractivity contribution is -0.145. The van der Waals surface area contributed by atoms with E-state index in [1.807, 2.05) is 41.0 Å². The molecule has 4 aliphatic rings. The molecule has 4 aliphatic heterocycles. The monoisotopic (exact) mass is 716 g/mol. The average molecular weight is 717 g/mol. The van der Waals surface area contributed by atoms with Crippen LogP contribution in [0.2, 0.25) is 0 Å². The van der Waals surface area contributed by atoms with E-state index >= 15 is 0 Å². The molecule has 2 aromatic carbocycles. The number of aromatic hydroxyl groups is 1. The van der Waals surface area contributed by atoms with Crippen LogP contribution in [0.1, 0.15) is 49.3 Å². The van der Waals surface area contributed by atoms with Gasteiger partial charge in [-0.1, -0.05) is 36.9 Å². The first-order valence-electron chi connectivity index (χ1n) is 18.7. The predicted molar refractivity (Wildman–Crippen MR) is 197 cm³/mol. The van der Waals surface area contributed by atoms with E-state index in [-0.39, 0.29) is 36.1 Å². The van der Waals surface area contributed by atoms with E-state index in [0.29, 0.717) is 70.3 Å². The number of rotatable bonds is 10. The van der Waals surface area contributed by atoms with Gasteiger partial charge < -0.3 is 34.6 Å². The maximum atomic E-state index is 14.1. The normalized spacial score (nSPS) is 20.0. The summed E-state index contributed by atoms with van der Waals surface area (Å²) in [5.74, 6) is -0.328. The number of hydrogen-bond donors (Lipinski definition) is 2. The van der Waals surface area contributed by atoms with Crippen molar-refractivity contribution in [3.05, 3.63) is 65.7 Å². The van der Waals surface area contributed by atoms with Gasteiger partial charge in [-0.05, 0) is 68.4 Å². The Kier molecular flexibility index (Phi) is 12.3. The largest absolute Gasteiger partial charge is 0.507 e. The van der Waals surface area contributed by atoms with Gasteiger partial charge in [-0.3, -0.25) is 19.4 Å². The van der Waals surface area contributed by atoms with Gasteiger partial charge in [-0.2, -0.15) is 0 Å². The third kappa shape index (κ3) is 9.05. The first kappa shape index (κ1) is 37.1. The number of piperidine rings is 2. The highest BCUT2D eigenvalue weighted by molar-refractivity contribution is 5.91. The maximum Gasteiger partial charge on any atom is 0.410 e. The Morgan fingerprint density at radius 2 is 1.62 bits per heavy atom. The van der Waals surface area contributed by atoms with Crippen molar-refractivity contribution in [2.24, 2.45) is 0 Å². The number of piperazine rings is 1. The van der Waals surface area contributed by atoms with Crippen molar-refractivity contribution in [3.8, 4) is 5.75 Å². The molecule has 13 nitrogen and oxygen atoms in total. The number of para-hydroxylation sites is 1. The van der Waals surface area contributed by atoms with Crippen LogP contribution in [0.4, 0.5) is 15.3 Å². The maximum absolute atomic E-state index is 14.1. The van der Waals surface area contributed by atoms with Crippen LogP contribution in [-0.4, -0.2) is 144 Å². The summed E-state index contributed by atoms with van der Waals surface area (Å²) in [5.41, 5.74) is 3.25. The number of amides is 4. The first-order chi connectivity index (χ1) is 25.2. The van der Waals surface area contributed by atoms with Gasteiger partial charge in [-0.15, -0.1) is 0 Å². The number of esters is 1. The Hall–Kier alpha value is -4.62. The first-order valence-corrected chi connectivity index (χ1v) is 18.7. The molecule has 0 aliphatic carbocycles. The molecule has 280 valence electrons. The zero-order chi connectivity index (χ0) is 36.6.